The largest absolute Gasteiger partial charge is 0.433 e. The molecule has 1 aromatic carbocycles. The Morgan fingerprint density at radius 3 is 2.71 bits per heavy atom. The molecule has 35 heavy (non-hydrogen) atoms. The molecule has 2 aromatic rings. The Kier molecular flexibility index (Phi) is 9.26. The Hall–Kier alpha value is -2.94. The fourth-order valence-electron chi connectivity index (χ4n) is 4.43. The first-order chi connectivity index (χ1) is 16.7. The van der Waals surface area contributed by atoms with Gasteiger partial charge in [-0.15, -0.1) is 0 Å². The summed E-state index contributed by atoms with van der Waals surface area (Å²) in [7, 11) is 0. The smallest absolute Gasteiger partial charge is 0.340 e. The van der Waals surface area contributed by atoms with Crippen LogP contribution in [0.4, 0.5) is 18.9 Å². The van der Waals surface area contributed by atoms with Crippen LogP contribution in [0.15, 0.2) is 42.5 Å². The van der Waals surface area contributed by atoms with Gasteiger partial charge in [-0.05, 0) is 75.4 Å². The van der Waals surface area contributed by atoms with Gasteiger partial charge in [0, 0.05) is 30.9 Å². The third-order valence-electron chi connectivity index (χ3n) is 6.61. The van der Waals surface area contributed by atoms with Crippen LogP contribution in [0.5, 0.6) is 0 Å². The minimum Gasteiger partial charge on any atom is -0.340 e. The molecule has 3 rings (SSSR count). The van der Waals surface area contributed by atoms with E-state index in [2.05, 4.69) is 29.0 Å². The number of nitrogens with zero attached hydrogens (tertiary/aromatic N) is 3. The standard InChI is InChI=1S/C26H33F3N4O2/c1-3-19(2)33(18-34)22-9-6-14-32(16-13-22)15-12-20-7-4-8-21(17-20)30-25(35)23-10-5-11-24(31-23)26(27,28)29/h4-5,7-8,10-11,17-19,22H,3,6,9,12-16H2,1-2H3,(H,30,35)/t19?,22-/m0/s1. The first-order valence-electron chi connectivity index (χ1n) is 12.1. The van der Waals surface area contributed by atoms with E-state index in [-0.39, 0.29) is 17.8 Å². The number of benzene rings is 1. The van der Waals surface area contributed by atoms with Crippen molar-refractivity contribution in [3.63, 3.8) is 0 Å². The molecule has 6 nitrogen and oxygen atoms in total. The highest BCUT2D eigenvalue weighted by Gasteiger charge is 2.33. The summed E-state index contributed by atoms with van der Waals surface area (Å²) in [5, 5.41) is 2.65. The molecule has 0 bridgehead atoms. The zero-order valence-electron chi connectivity index (χ0n) is 20.2. The molecule has 0 saturated carbocycles. The number of hydrogen-bond donors (Lipinski definition) is 1. The molecule has 2 atom stereocenters. The van der Waals surface area contributed by atoms with Crippen molar-refractivity contribution in [1.29, 1.82) is 0 Å². The Balaban J connectivity index is 1.55. The van der Waals surface area contributed by atoms with Gasteiger partial charge in [-0.3, -0.25) is 9.59 Å². The van der Waals surface area contributed by atoms with Crippen molar-refractivity contribution in [2.45, 2.75) is 64.2 Å². The number of carbonyl (C=O) groups excluding carboxylic acids is 2. The molecule has 1 unspecified atom stereocenters. The Morgan fingerprint density at radius 1 is 1.23 bits per heavy atom. The average molecular weight is 491 g/mol. The molecule has 190 valence electrons. The molecule has 2 heterocycles. The van der Waals surface area contributed by atoms with E-state index in [9.17, 15) is 22.8 Å². The lowest BCUT2D eigenvalue weighted by Crippen LogP contribution is -2.41. The number of halogens is 3. The summed E-state index contributed by atoms with van der Waals surface area (Å²) < 4.78 is 38.7. The van der Waals surface area contributed by atoms with Gasteiger partial charge in [-0.2, -0.15) is 13.2 Å². The van der Waals surface area contributed by atoms with Gasteiger partial charge in [0.1, 0.15) is 11.4 Å². The predicted molar refractivity (Wildman–Crippen MR) is 129 cm³/mol. The highest BCUT2D eigenvalue weighted by molar-refractivity contribution is 6.02. The van der Waals surface area contributed by atoms with Gasteiger partial charge in [0.2, 0.25) is 6.41 Å². The fraction of sp³-hybridized carbons (Fsp3) is 0.500. The van der Waals surface area contributed by atoms with E-state index in [1.165, 1.54) is 12.1 Å². The van der Waals surface area contributed by atoms with E-state index in [1.807, 2.05) is 23.1 Å². The zero-order valence-corrected chi connectivity index (χ0v) is 20.2. The number of carbonyl (C=O) groups is 2. The molecule has 1 N–H and O–H groups in total. The topological polar surface area (TPSA) is 65.5 Å². The summed E-state index contributed by atoms with van der Waals surface area (Å²) in [6.07, 6.45) is 1.08. The Bertz CT molecular complexity index is 999. The van der Waals surface area contributed by atoms with Crippen LogP contribution in [-0.4, -0.2) is 58.8 Å². The van der Waals surface area contributed by atoms with Crippen molar-refractivity contribution in [3.8, 4) is 0 Å². The van der Waals surface area contributed by atoms with Gasteiger partial charge in [-0.1, -0.05) is 25.1 Å². The van der Waals surface area contributed by atoms with Crippen molar-refractivity contribution >= 4 is 18.0 Å². The van der Waals surface area contributed by atoms with Gasteiger partial charge < -0.3 is 15.1 Å². The number of hydrogen-bond acceptors (Lipinski definition) is 4. The zero-order chi connectivity index (χ0) is 25.4. The third-order valence-corrected chi connectivity index (χ3v) is 6.61. The highest BCUT2D eigenvalue weighted by atomic mass is 19.4. The van der Waals surface area contributed by atoms with Gasteiger partial charge >= 0.3 is 6.18 Å². The monoisotopic (exact) mass is 490 g/mol. The average Bonchev–Trinajstić information content (AvgIpc) is 3.08. The number of likely N-dealkylation sites (tertiary alicyclic amines) is 1. The number of rotatable bonds is 9. The number of aromatic nitrogens is 1. The lowest BCUT2D eigenvalue weighted by atomic mass is 10.1. The van der Waals surface area contributed by atoms with Crippen molar-refractivity contribution in [1.82, 2.24) is 14.8 Å². The number of nitrogens with one attached hydrogen (secondary N) is 1. The van der Waals surface area contributed by atoms with Gasteiger partial charge in [-0.25, -0.2) is 4.98 Å². The number of alkyl halides is 3. The van der Waals surface area contributed by atoms with Gasteiger partial charge in [0.25, 0.3) is 5.91 Å². The maximum absolute atomic E-state index is 12.9. The van der Waals surface area contributed by atoms with Crippen LogP contribution in [0.25, 0.3) is 0 Å². The first kappa shape index (κ1) is 26.7. The van der Waals surface area contributed by atoms with Crippen molar-refractivity contribution in [2.75, 3.05) is 25.0 Å². The summed E-state index contributed by atoms with van der Waals surface area (Å²) in [6.45, 7) is 6.93. The molecule has 1 fully saturated rings. The van der Waals surface area contributed by atoms with Crippen LogP contribution in [0.1, 0.15) is 61.3 Å². The third kappa shape index (κ3) is 7.52. The summed E-state index contributed by atoms with van der Waals surface area (Å²) >= 11 is 0. The molecule has 1 aliphatic rings. The molecular formula is C26H33F3N4O2. The maximum Gasteiger partial charge on any atom is 0.433 e. The van der Waals surface area contributed by atoms with Crippen LogP contribution in [0.2, 0.25) is 0 Å². The summed E-state index contributed by atoms with van der Waals surface area (Å²) in [4.78, 5) is 31.9. The number of anilines is 1. The lowest BCUT2D eigenvalue weighted by molar-refractivity contribution is -0.141. The van der Waals surface area contributed by atoms with Crippen LogP contribution < -0.4 is 5.32 Å². The van der Waals surface area contributed by atoms with E-state index >= 15 is 0 Å². The molecular weight excluding hydrogens is 457 g/mol. The van der Waals surface area contributed by atoms with E-state index < -0.39 is 17.8 Å². The van der Waals surface area contributed by atoms with Gasteiger partial charge in [0.05, 0.1) is 0 Å². The molecule has 0 spiro atoms. The number of pyridine rings is 1. The Morgan fingerprint density at radius 2 is 2.00 bits per heavy atom. The lowest BCUT2D eigenvalue weighted by Gasteiger charge is -2.32. The normalized spacial score (nSPS) is 17.9. The number of amides is 2. The molecule has 1 aliphatic heterocycles. The molecule has 0 aliphatic carbocycles. The van der Waals surface area contributed by atoms with Gasteiger partial charge in [0.15, 0.2) is 0 Å². The van der Waals surface area contributed by atoms with Crippen molar-refractivity contribution in [3.05, 3.63) is 59.4 Å². The van der Waals surface area contributed by atoms with Crippen LogP contribution in [-0.2, 0) is 17.4 Å². The second-order valence-corrected chi connectivity index (χ2v) is 9.05. The van der Waals surface area contributed by atoms with Crippen LogP contribution >= 0.6 is 0 Å². The highest BCUT2D eigenvalue weighted by Crippen LogP contribution is 2.27. The minimum absolute atomic E-state index is 0.244. The molecule has 1 aromatic heterocycles. The minimum atomic E-state index is -4.61. The van der Waals surface area contributed by atoms with E-state index in [4.69, 9.17) is 0 Å². The second-order valence-electron chi connectivity index (χ2n) is 9.05. The second kappa shape index (κ2) is 12.2. The maximum atomic E-state index is 12.9. The predicted octanol–water partition coefficient (Wildman–Crippen LogP) is 5.01. The first-order valence-corrected chi connectivity index (χ1v) is 12.1. The fourth-order valence-corrected chi connectivity index (χ4v) is 4.43. The van der Waals surface area contributed by atoms with Crippen molar-refractivity contribution in [2.24, 2.45) is 0 Å². The molecule has 2 amide bonds. The van der Waals surface area contributed by atoms with E-state index in [1.54, 1.807) is 6.07 Å². The quantitative estimate of drug-likeness (QED) is 0.502. The molecule has 0 radical (unpaired) electrons. The SMILES string of the molecule is CCC(C)N(C=O)[C@H]1CCCN(CCc2cccc(NC(=O)c3cccc(C(F)(F)F)n3)c2)CC1. The molecule has 9 heteroatoms. The summed E-state index contributed by atoms with van der Waals surface area (Å²) in [5.41, 5.74) is 0.151. The van der Waals surface area contributed by atoms with Crippen LogP contribution in [0.3, 0.4) is 0 Å². The molecule has 1 saturated heterocycles. The summed E-state index contributed by atoms with van der Waals surface area (Å²) in [6, 6.07) is 11.1. The van der Waals surface area contributed by atoms with E-state index in [0.29, 0.717) is 5.69 Å². The van der Waals surface area contributed by atoms with Crippen LogP contribution in [0, 0.1) is 0 Å². The van der Waals surface area contributed by atoms with Crippen molar-refractivity contribution < 1.29 is 22.8 Å². The van der Waals surface area contributed by atoms with E-state index in [0.717, 1.165) is 69.8 Å². The summed E-state index contributed by atoms with van der Waals surface area (Å²) in [5.74, 6) is -0.687. The Labute approximate surface area is 204 Å².